The van der Waals surface area contributed by atoms with Crippen LogP contribution in [0.3, 0.4) is 0 Å². The van der Waals surface area contributed by atoms with E-state index in [-0.39, 0.29) is 18.2 Å². The van der Waals surface area contributed by atoms with Gasteiger partial charge in [-0.3, -0.25) is 14.9 Å². The van der Waals surface area contributed by atoms with Crippen LogP contribution in [0.25, 0.3) is 10.9 Å². The number of benzene rings is 1. The zero-order chi connectivity index (χ0) is 15.4. The van der Waals surface area contributed by atoms with Crippen LogP contribution in [0.5, 0.6) is 0 Å². The smallest absolute Gasteiger partial charge is 0.303 e. The Morgan fingerprint density at radius 3 is 2.90 bits per heavy atom. The molecule has 0 aliphatic heterocycles. The first-order valence-corrected chi connectivity index (χ1v) is 6.35. The predicted molar refractivity (Wildman–Crippen MR) is 76.1 cm³/mol. The van der Waals surface area contributed by atoms with Crippen molar-refractivity contribution in [1.82, 2.24) is 9.97 Å². The molecule has 0 fully saturated rings. The van der Waals surface area contributed by atoms with Crippen LogP contribution in [0.1, 0.15) is 19.8 Å². The van der Waals surface area contributed by atoms with E-state index < -0.39 is 10.9 Å². The Morgan fingerprint density at radius 1 is 1.48 bits per heavy atom. The molecule has 0 saturated carbocycles. The minimum absolute atomic E-state index is 0.0390. The maximum Gasteiger partial charge on any atom is 0.303 e. The maximum absolute atomic E-state index is 10.8. The van der Waals surface area contributed by atoms with Gasteiger partial charge in [0.25, 0.3) is 5.69 Å². The van der Waals surface area contributed by atoms with Crippen LogP contribution >= 0.6 is 0 Å². The number of nitro benzene ring substituents is 1. The Labute approximate surface area is 120 Å². The van der Waals surface area contributed by atoms with Crippen LogP contribution in [0, 0.1) is 10.1 Å². The Kier molecular flexibility index (Phi) is 4.27. The number of rotatable bonds is 6. The Balaban J connectivity index is 2.28. The first kappa shape index (κ1) is 14.6. The molecule has 0 radical (unpaired) electrons. The van der Waals surface area contributed by atoms with Crippen molar-refractivity contribution in [2.24, 2.45) is 0 Å². The van der Waals surface area contributed by atoms with Crippen molar-refractivity contribution in [2.75, 3.05) is 5.32 Å². The van der Waals surface area contributed by atoms with Crippen molar-refractivity contribution in [3.63, 3.8) is 0 Å². The number of nitrogens with one attached hydrogen (secondary N) is 1. The number of carboxylic acids is 1. The number of aliphatic carboxylic acids is 1. The van der Waals surface area contributed by atoms with Gasteiger partial charge in [-0.05, 0) is 19.4 Å². The highest BCUT2D eigenvalue weighted by Gasteiger charge is 2.12. The molecule has 2 rings (SSSR count). The second-order valence-corrected chi connectivity index (χ2v) is 4.66. The molecule has 0 aliphatic carbocycles. The van der Waals surface area contributed by atoms with Gasteiger partial charge in [0.05, 0.1) is 10.4 Å². The van der Waals surface area contributed by atoms with Crippen LogP contribution in [0.2, 0.25) is 0 Å². The molecular weight excluding hydrogens is 276 g/mol. The van der Waals surface area contributed by atoms with Gasteiger partial charge in [-0.2, -0.15) is 0 Å². The second-order valence-electron chi connectivity index (χ2n) is 4.66. The molecule has 1 atom stereocenters. The van der Waals surface area contributed by atoms with Crippen LogP contribution < -0.4 is 5.32 Å². The molecule has 0 bridgehead atoms. The summed E-state index contributed by atoms with van der Waals surface area (Å²) in [6, 6.07) is 4.22. The highest BCUT2D eigenvalue weighted by atomic mass is 16.6. The minimum Gasteiger partial charge on any atom is -0.481 e. The zero-order valence-electron chi connectivity index (χ0n) is 11.3. The van der Waals surface area contributed by atoms with E-state index in [9.17, 15) is 14.9 Å². The van der Waals surface area contributed by atoms with E-state index >= 15 is 0 Å². The van der Waals surface area contributed by atoms with Gasteiger partial charge in [0.2, 0.25) is 0 Å². The van der Waals surface area contributed by atoms with Crippen molar-refractivity contribution < 1.29 is 14.8 Å². The quantitative estimate of drug-likeness (QED) is 0.618. The number of nitro groups is 1. The highest BCUT2D eigenvalue weighted by molar-refractivity contribution is 5.90. The average molecular weight is 290 g/mol. The largest absolute Gasteiger partial charge is 0.481 e. The molecule has 1 aromatic carbocycles. The lowest BCUT2D eigenvalue weighted by Crippen LogP contribution is -2.17. The number of nitrogens with zero attached hydrogens (tertiary/aromatic N) is 3. The fourth-order valence-electron chi connectivity index (χ4n) is 1.92. The lowest BCUT2D eigenvalue weighted by atomic mass is 10.1. The lowest BCUT2D eigenvalue weighted by Gasteiger charge is -2.14. The zero-order valence-corrected chi connectivity index (χ0v) is 11.3. The summed E-state index contributed by atoms with van der Waals surface area (Å²) in [6.45, 7) is 1.83. The fraction of sp³-hybridized carbons (Fsp3) is 0.308. The van der Waals surface area contributed by atoms with Gasteiger partial charge in [0, 0.05) is 30.0 Å². The molecule has 110 valence electrons. The number of aromatic nitrogens is 2. The summed E-state index contributed by atoms with van der Waals surface area (Å²) in [5.74, 6) is -0.409. The molecule has 1 heterocycles. The molecule has 8 heteroatoms. The number of hydrogen-bond donors (Lipinski definition) is 2. The third-order valence-corrected chi connectivity index (χ3v) is 3.00. The summed E-state index contributed by atoms with van der Waals surface area (Å²) in [5, 5.41) is 23.1. The molecule has 2 N–H and O–H groups in total. The van der Waals surface area contributed by atoms with Crippen molar-refractivity contribution in [2.45, 2.75) is 25.8 Å². The fourth-order valence-corrected chi connectivity index (χ4v) is 1.92. The molecular formula is C13H14N4O4. The van der Waals surface area contributed by atoms with Crippen LogP contribution in [-0.4, -0.2) is 32.0 Å². The van der Waals surface area contributed by atoms with Gasteiger partial charge in [-0.25, -0.2) is 9.97 Å². The predicted octanol–water partition coefficient (Wildman–Crippen LogP) is 2.20. The molecule has 21 heavy (non-hydrogen) atoms. The third kappa shape index (κ3) is 3.62. The summed E-state index contributed by atoms with van der Waals surface area (Å²) in [7, 11) is 0. The van der Waals surface area contributed by atoms with Crippen molar-refractivity contribution in [1.29, 1.82) is 0 Å². The maximum atomic E-state index is 10.8. The number of fused-ring (bicyclic) bond motifs is 1. The van der Waals surface area contributed by atoms with Gasteiger partial charge in [0.1, 0.15) is 12.1 Å². The lowest BCUT2D eigenvalue weighted by molar-refractivity contribution is -0.384. The monoisotopic (exact) mass is 290 g/mol. The van der Waals surface area contributed by atoms with Crippen LogP contribution in [0.15, 0.2) is 24.5 Å². The SMILES string of the molecule is CC(CCC(=O)O)Nc1ncnc2ccc([N+](=O)[O-])cc12. The summed E-state index contributed by atoms with van der Waals surface area (Å²) in [6.07, 6.45) is 1.83. The van der Waals surface area contributed by atoms with E-state index in [0.29, 0.717) is 23.1 Å². The van der Waals surface area contributed by atoms with E-state index in [2.05, 4.69) is 15.3 Å². The number of carbonyl (C=O) groups is 1. The van der Waals surface area contributed by atoms with Crippen LogP contribution in [-0.2, 0) is 4.79 Å². The number of carboxylic acid groups (broad SMARTS) is 1. The molecule has 2 aromatic rings. The normalized spacial score (nSPS) is 12.0. The van der Waals surface area contributed by atoms with E-state index in [1.54, 1.807) is 6.07 Å². The molecule has 8 nitrogen and oxygen atoms in total. The summed E-state index contributed by atoms with van der Waals surface area (Å²) < 4.78 is 0. The van der Waals surface area contributed by atoms with Gasteiger partial charge in [-0.15, -0.1) is 0 Å². The number of non-ortho nitro benzene ring substituents is 1. The Hall–Kier alpha value is -2.77. The molecule has 0 amide bonds. The first-order valence-electron chi connectivity index (χ1n) is 6.35. The third-order valence-electron chi connectivity index (χ3n) is 3.00. The van der Waals surface area contributed by atoms with Crippen molar-refractivity contribution in [3.05, 3.63) is 34.6 Å². The standard InChI is InChI=1S/C13H14N4O4/c1-8(2-5-12(18)19)16-13-10-6-9(17(20)21)3-4-11(10)14-7-15-13/h3-4,6-8H,2,5H2,1H3,(H,18,19)(H,14,15,16). The van der Waals surface area contributed by atoms with Gasteiger partial charge in [-0.1, -0.05) is 0 Å². The summed E-state index contributed by atoms with van der Waals surface area (Å²) in [4.78, 5) is 29.1. The van der Waals surface area contributed by atoms with E-state index in [0.717, 1.165) is 0 Å². The van der Waals surface area contributed by atoms with E-state index in [4.69, 9.17) is 5.11 Å². The van der Waals surface area contributed by atoms with Gasteiger partial charge in [0.15, 0.2) is 0 Å². The molecule has 0 spiro atoms. The molecule has 0 aliphatic rings. The minimum atomic E-state index is -0.869. The van der Waals surface area contributed by atoms with Crippen molar-refractivity contribution >= 4 is 28.4 Å². The average Bonchev–Trinajstić information content (AvgIpc) is 2.45. The first-order chi connectivity index (χ1) is 9.97. The Bertz CT molecular complexity index is 689. The summed E-state index contributed by atoms with van der Waals surface area (Å²) >= 11 is 0. The highest BCUT2D eigenvalue weighted by Crippen LogP contribution is 2.24. The second kappa shape index (κ2) is 6.12. The molecule has 1 aromatic heterocycles. The topological polar surface area (TPSA) is 118 Å². The van der Waals surface area contributed by atoms with Crippen LogP contribution in [0.4, 0.5) is 11.5 Å². The van der Waals surface area contributed by atoms with Gasteiger partial charge >= 0.3 is 5.97 Å². The van der Waals surface area contributed by atoms with Gasteiger partial charge < -0.3 is 10.4 Å². The molecule has 0 saturated heterocycles. The molecule has 1 unspecified atom stereocenters. The van der Waals surface area contributed by atoms with Crippen molar-refractivity contribution in [3.8, 4) is 0 Å². The van der Waals surface area contributed by atoms with E-state index in [1.165, 1.54) is 18.5 Å². The number of anilines is 1. The van der Waals surface area contributed by atoms with E-state index in [1.807, 2.05) is 6.92 Å². The Morgan fingerprint density at radius 2 is 2.24 bits per heavy atom. The number of hydrogen-bond acceptors (Lipinski definition) is 6. The summed E-state index contributed by atoms with van der Waals surface area (Å²) in [5.41, 5.74) is 0.544.